The van der Waals surface area contributed by atoms with Crippen molar-refractivity contribution < 1.29 is 4.74 Å². The molecule has 1 aromatic heterocycles. The molecule has 0 aliphatic carbocycles. The van der Waals surface area contributed by atoms with E-state index in [4.69, 9.17) is 4.74 Å². The Morgan fingerprint density at radius 1 is 1.10 bits per heavy atom. The third-order valence-corrected chi connectivity index (χ3v) is 3.49. The van der Waals surface area contributed by atoms with Gasteiger partial charge in [0.2, 0.25) is 5.88 Å². The maximum atomic E-state index is 5.91. The van der Waals surface area contributed by atoms with Crippen molar-refractivity contribution in [2.75, 3.05) is 38.1 Å². The second-order valence-corrected chi connectivity index (χ2v) is 5.06. The van der Waals surface area contributed by atoms with Crippen LogP contribution in [-0.4, -0.2) is 47.7 Å². The summed E-state index contributed by atoms with van der Waals surface area (Å²) in [4.78, 5) is 11.0. The van der Waals surface area contributed by atoms with Crippen molar-refractivity contribution in [2.45, 2.75) is 47.0 Å². The van der Waals surface area contributed by atoms with Crippen LogP contribution in [0.3, 0.4) is 0 Å². The first-order valence-electron chi connectivity index (χ1n) is 8.19. The van der Waals surface area contributed by atoms with E-state index in [1.807, 2.05) is 0 Å². The lowest BCUT2D eigenvalue weighted by atomic mass is 10.1. The van der Waals surface area contributed by atoms with Gasteiger partial charge < -0.3 is 15.0 Å². The normalized spacial score (nSPS) is 10.9. The van der Waals surface area contributed by atoms with Crippen molar-refractivity contribution in [3.05, 3.63) is 11.9 Å². The Morgan fingerprint density at radius 2 is 1.86 bits per heavy atom. The highest BCUT2D eigenvalue weighted by Crippen LogP contribution is 2.23. The van der Waals surface area contributed by atoms with E-state index < -0.39 is 0 Å². The predicted molar refractivity (Wildman–Crippen MR) is 88.1 cm³/mol. The first kappa shape index (κ1) is 17.7. The molecule has 5 heteroatoms. The van der Waals surface area contributed by atoms with Crippen LogP contribution in [0.4, 0.5) is 5.82 Å². The van der Waals surface area contributed by atoms with Crippen LogP contribution >= 0.6 is 0 Å². The number of rotatable bonds is 11. The first-order valence-corrected chi connectivity index (χ1v) is 8.19. The van der Waals surface area contributed by atoms with Crippen LogP contribution in [0.5, 0.6) is 5.88 Å². The topological polar surface area (TPSA) is 50.3 Å². The lowest BCUT2D eigenvalue weighted by Gasteiger charge is -2.19. The van der Waals surface area contributed by atoms with E-state index in [0.29, 0.717) is 6.61 Å². The predicted octanol–water partition coefficient (Wildman–Crippen LogP) is 2.97. The quantitative estimate of drug-likeness (QED) is 0.680. The number of aromatic nitrogens is 2. The highest BCUT2D eigenvalue weighted by molar-refractivity contribution is 5.48. The molecule has 0 fully saturated rings. The fourth-order valence-electron chi connectivity index (χ4n) is 2.20. The van der Waals surface area contributed by atoms with Crippen LogP contribution in [0.1, 0.15) is 46.1 Å². The van der Waals surface area contributed by atoms with Crippen LogP contribution in [0, 0.1) is 0 Å². The minimum absolute atomic E-state index is 0.669. The zero-order valence-corrected chi connectivity index (χ0v) is 14.0. The minimum atomic E-state index is 0.669. The Labute approximate surface area is 129 Å². The zero-order valence-electron chi connectivity index (χ0n) is 14.0. The third-order valence-electron chi connectivity index (χ3n) is 3.49. The summed E-state index contributed by atoms with van der Waals surface area (Å²) in [5.41, 5.74) is 1.10. The van der Waals surface area contributed by atoms with Gasteiger partial charge in [0.1, 0.15) is 18.8 Å². The van der Waals surface area contributed by atoms with Crippen LogP contribution < -0.4 is 10.1 Å². The van der Waals surface area contributed by atoms with Crippen molar-refractivity contribution >= 4 is 5.82 Å². The van der Waals surface area contributed by atoms with Crippen molar-refractivity contribution in [2.24, 2.45) is 0 Å². The number of nitrogens with zero attached hydrogens (tertiary/aromatic N) is 3. The zero-order chi connectivity index (χ0) is 15.5. The van der Waals surface area contributed by atoms with Gasteiger partial charge in [0.05, 0.1) is 5.56 Å². The van der Waals surface area contributed by atoms with E-state index in [1.165, 1.54) is 0 Å². The number of ether oxygens (including phenoxy) is 1. The highest BCUT2D eigenvalue weighted by atomic mass is 16.5. The molecule has 0 spiro atoms. The molecule has 0 aliphatic rings. The molecule has 0 saturated heterocycles. The van der Waals surface area contributed by atoms with Crippen LogP contribution in [0.25, 0.3) is 0 Å². The SMILES string of the molecule is CCCNc1ncnc(OCCN(CC)CC)c1CCC. The molecule has 1 rings (SSSR count). The Balaban J connectivity index is 2.70. The Bertz CT molecular complexity index is 394. The minimum Gasteiger partial charge on any atom is -0.476 e. The molecule has 21 heavy (non-hydrogen) atoms. The molecular weight excluding hydrogens is 264 g/mol. The van der Waals surface area contributed by atoms with Crippen LogP contribution in [0.15, 0.2) is 6.33 Å². The second kappa shape index (κ2) is 10.4. The lowest BCUT2D eigenvalue weighted by Crippen LogP contribution is -2.28. The average molecular weight is 294 g/mol. The van der Waals surface area contributed by atoms with E-state index in [0.717, 1.165) is 62.7 Å². The van der Waals surface area contributed by atoms with Gasteiger partial charge in [-0.05, 0) is 25.9 Å². The standard InChI is InChI=1S/C16H30N4O/c1-5-9-14-15(17-10-6-2)18-13-19-16(14)21-12-11-20(7-3)8-4/h13H,5-12H2,1-4H3,(H,17,18,19). The highest BCUT2D eigenvalue weighted by Gasteiger charge is 2.12. The molecule has 0 unspecified atom stereocenters. The fraction of sp³-hybridized carbons (Fsp3) is 0.750. The number of hydrogen-bond acceptors (Lipinski definition) is 5. The summed E-state index contributed by atoms with van der Waals surface area (Å²) in [5, 5.41) is 3.37. The number of nitrogens with one attached hydrogen (secondary N) is 1. The summed E-state index contributed by atoms with van der Waals surface area (Å²) >= 11 is 0. The van der Waals surface area contributed by atoms with Gasteiger partial charge in [-0.25, -0.2) is 9.97 Å². The van der Waals surface area contributed by atoms with Crippen molar-refractivity contribution in [3.63, 3.8) is 0 Å². The van der Waals surface area contributed by atoms with Gasteiger partial charge in [0.25, 0.3) is 0 Å². The summed E-state index contributed by atoms with van der Waals surface area (Å²) in [5.74, 6) is 1.66. The van der Waals surface area contributed by atoms with Gasteiger partial charge in [0, 0.05) is 13.1 Å². The smallest absolute Gasteiger partial charge is 0.221 e. The van der Waals surface area contributed by atoms with E-state index in [1.54, 1.807) is 6.33 Å². The van der Waals surface area contributed by atoms with Gasteiger partial charge in [-0.3, -0.25) is 0 Å². The van der Waals surface area contributed by atoms with Crippen molar-refractivity contribution in [3.8, 4) is 5.88 Å². The molecule has 120 valence electrons. The van der Waals surface area contributed by atoms with Crippen LogP contribution in [0.2, 0.25) is 0 Å². The molecule has 0 amide bonds. The van der Waals surface area contributed by atoms with Crippen molar-refractivity contribution in [1.82, 2.24) is 14.9 Å². The van der Waals surface area contributed by atoms with Crippen LogP contribution in [-0.2, 0) is 6.42 Å². The molecule has 0 aromatic carbocycles. The first-order chi connectivity index (χ1) is 10.3. The molecule has 1 aromatic rings. The molecule has 0 saturated carbocycles. The average Bonchev–Trinajstić information content (AvgIpc) is 2.51. The summed E-state index contributed by atoms with van der Waals surface area (Å²) < 4.78 is 5.91. The molecule has 1 heterocycles. The van der Waals surface area contributed by atoms with E-state index >= 15 is 0 Å². The Morgan fingerprint density at radius 3 is 2.48 bits per heavy atom. The maximum Gasteiger partial charge on any atom is 0.221 e. The number of likely N-dealkylation sites (N-methyl/N-ethyl adjacent to an activating group) is 1. The maximum absolute atomic E-state index is 5.91. The largest absolute Gasteiger partial charge is 0.476 e. The summed E-state index contributed by atoms with van der Waals surface area (Å²) in [6.07, 6.45) is 4.66. The molecule has 5 nitrogen and oxygen atoms in total. The van der Waals surface area contributed by atoms with Gasteiger partial charge >= 0.3 is 0 Å². The fourth-order valence-corrected chi connectivity index (χ4v) is 2.20. The van der Waals surface area contributed by atoms with E-state index in [9.17, 15) is 0 Å². The summed E-state index contributed by atoms with van der Waals surface area (Å²) in [6, 6.07) is 0. The summed E-state index contributed by atoms with van der Waals surface area (Å²) in [6.45, 7) is 13.3. The van der Waals surface area contributed by atoms with Crippen molar-refractivity contribution in [1.29, 1.82) is 0 Å². The Hall–Kier alpha value is -1.36. The molecule has 1 N–H and O–H groups in total. The number of anilines is 1. The van der Waals surface area contributed by atoms with Gasteiger partial charge in [-0.1, -0.05) is 34.1 Å². The van der Waals surface area contributed by atoms with Gasteiger partial charge in [-0.2, -0.15) is 0 Å². The van der Waals surface area contributed by atoms with Gasteiger partial charge in [-0.15, -0.1) is 0 Å². The molecule has 0 aliphatic heterocycles. The molecule has 0 radical (unpaired) electrons. The second-order valence-electron chi connectivity index (χ2n) is 5.06. The lowest BCUT2D eigenvalue weighted by molar-refractivity contribution is 0.216. The molecule has 0 atom stereocenters. The summed E-state index contributed by atoms with van der Waals surface area (Å²) in [7, 11) is 0. The van der Waals surface area contributed by atoms with E-state index in [2.05, 4.69) is 47.9 Å². The molecule has 0 bridgehead atoms. The molecular formula is C16H30N4O. The third kappa shape index (κ3) is 5.87. The van der Waals surface area contributed by atoms with E-state index in [-0.39, 0.29) is 0 Å². The van der Waals surface area contributed by atoms with Gasteiger partial charge in [0.15, 0.2) is 0 Å². The monoisotopic (exact) mass is 294 g/mol. The number of hydrogen-bond donors (Lipinski definition) is 1. The Kier molecular flexibility index (Phi) is 8.74.